The van der Waals surface area contributed by atoms with Gasteiger partial charge in [0.2, 0.25) is 5.66 Å². The molecule has 65 valence electrons. The van der Waals surface area contributed by atoms with Crippen LogP contribution in [0.2, 0.25) is 0 Å². The van der Waals surface area contributed by atoms with Crippen molar-refractivity contribution in [2.45, 2.75) is 12.6 Å². The van der Waals surface area contributed by atoms with Crippen LogP contribution in [0.5, 0.6) is 0 Å². The van der Waals surface area contributed by atoms with Gasteiger partial charge in [0.25, 0.3) is 0 Å². The molecule has 0 N–H and O–H groups in total. The van der Waals surface area contributed by atoms with Gasteiger partial charge in [0.05, 0.1) is 0 Å². The second-order valence-corrected chi connectivity index (χ2v) is 3.10. The highest BCUT2D eigenvalue weighted by atomic mass is 15.6. The lowest BCUT2D eigenvalue weighted by atomic mass is 10.0. The molecule has 1 radical (unpaired) electrons. The zero-order chi connectivity index (χ0) is 9.31. The van der Waals surface area contributed by atoms with E-state index in [1.54, 1.807) is 0 Å². The summed E-state index contributed by atoms with van der Waals surface area (Å²) < 4.78 is 0. The Balaban J connectivity index is 2.46. The van der Waals surface area contributed by atoms with Crippen molar-refractivity contribution in [2.24, 2.45) is 20.7 Å². The summed E-state index contributed by atoms with van der Waals surface area (Å²) in [6.45, 7) is 5.70. The summed E-state index contributed by atoms with van der Waals surface area (Å²) in [4.78, 5) is 0. The third-order valence-electron chi connectivity index (χ3n) is 1.99. The summed E-state index contributed by atoms with van der Waals surface area (Å²) in [5, 5.41) is 14.9. The molecule has 0 atom stereocenters. The van der Waals surface area contributed by atoms with Gasteiger partial charge in [0, 0.05) is 5.56 Å². The fourth-order valence-corrected chi connectivity index (χ4v) is 1.22. The quantitative estimate of drug-likeness (QED) is 0.627. The second-order valence-electron chi connectivity index (χ2n) is 3.10. The van der Waals surface area contributed by atoms with Gasteiger partial charge in [-0.15, -0.1) is 10.2 Å². The van der Waals surface area contributed by atoms with Crippen LogP contribution in [0.25, 0.3) is 0 Å². The molecule has 0 saturated heterocycles. The molecule has 2 rings (SSSR count). The average molecular weight is 173 g/mol. The van der Waals surface area contributed by atoms with Gasteiger partial charge in [-0.05, 0) is 29.9 Å². The van der Waals surface area contributed by atoms with E-state index in [2.05, 4.69) is 27.6 Å². The summed E-state index contributed by atoms with van der Waals surface area (Å²) in [6.07, 6.45) is 0. The first-order chi connectivity index (χ1) is 6.21. The molecule has 0 aromatic heterocycles. The fraction of sp³-hybridized carbons (Fsp3) is 0.222. The summed E-state index contributed by atoms with van der Waals surface area (Å²) in [5.74, 6) is 0. The van der Waals surface area contributed by atoms with Crippen LogP contribution in [-0.4, -0.2) is 0 Å². The Morgan fingerprint density at radius 3 is 2.54 bits per heavy atom. The van der Waals surface area contributed by atoms with Crippen LogP contribution in [0.4, 0.5) is 0 Å². The highest BCUT2D eigenvalue weighted by Gasteiger charge is 2.28. The molecule has 4 heteroatoms. The zero-order valence-corrected chi connectivity index (χ0v) is 7.31. The number of hydrogen-bond acceptors (Lipinski definition) is 4. The maximum atomic E-state index is 3.94. The Morgan fingerprint density at radius 1 is 1.23 bits per heavy atom. The maximum absolute atomic E-state index is 3.94. The molecule has 0 fully saturated rings. The first kappa shape index (κ1) is 8.04. The molecule has 0 aliphatic carbocycles. The van der Waals surface area contributed by atoms with Crippen LogP contribution >= 0.6 is 0 Å². The van der Waals surface area contributed by atoms with Crippen molar-refractivity contribution in [1.29, 1.82) is 0 Å². The van der Waals surface area contributed by atoms with Gasteiger partial charge in [-0.25, -0.2) is 0 Å². The lowest BCUT2D eigenvalue weighted by Gasteiger charge is -2.13. The monoisotopic (exact) mass is 173 g/mol. The van der Waals surface area contributed by atoms with Gasteiger partial charge < -0.3 is 0 Å². The van der Waals surface area contributed by atoms with Crippen LogP contribution in [0.15, 0.2) is 44.9 Å². The first-order valence-corrected chi connectivity index (χ1v) is 3.97. The van der Waals surface area contributed by atoms with Crippen LogP contribution in [0, 0.1) is 6.92 Å². The minimum absolute atomic E-state index is 0.645. The molecule has 13 heavy (non-hydrogen) atoms. The van der Waals surface area contributed by atoms with Crippen molar-refractivity contribution in [1.82, 2.24) is 0 Å². The van der Waals surface area contributed by atoms with E-state index in [0.29, 0.717) is 0 Å². The molecule has 1 aromatic rings. The summed E-state index contributed by atoms with van der Waals surface area (Å²) >= 11 is 0. The van der Waals surface area contributed by atoms with Gasteiger partial charge in [-0.2, -0.15) is 0 Å². The molecule has 0 unspecified atom stereocenters. The Labute approximate surface area is 76.4 Å². The third-order valence-corrected chi connectivity index (χ3v) is 1.99. The number of nitrogens with zero attached hydrogens (tertiary/aromatic N) is 4. The van der Waals surface area contributed by atoms with Gasteiger partial charge >= 0.3 is 0 Å². The van der Waals surface area contributed by atoms with Crippen molar-refractivity contribution in [3.8, 4) is 0 Å². The van der Waals surface area contributed by atoms with E-state index in [9.17, 15) is 0 Å². The predicted molar refractivity (Wildman–Crippen MR) is 48.0 cm³/mol. The van der Waals surface area contributed by atoms with E-state index in [-0.39, 0.29) is 0 Å². The Morgan fingerprint density at radius 2 is 1.92 bits per heavy atom. The van der Waals surface area contributed by atoms with Crippen molar-refractivity contribution in [3.05, 3.63) is 42.3 Å². The largest absolute Gasteiger partial charge is 0.217 e. The van der Waals surface area contributed by atoms with E-state index >= 15 is 0 Å². The number of benzene rings is 1. The van der Waals surface area contributed by atoms with E-state index < -0.39 is 5.66 Å². The predicted octanol–water partition coefficient (Wildman–Crippen LogP) is 2.87. The van der Waals surface area contributed by atoms with Crippen LogP contribution < -0.4 is 0 Å². The highest BCUT2D eigenvalue weighted by Crippen LogP contribution is 2.31. The van der Waals surface area contributed by atoms with E-state index in [1.165, 1.54) is 0 Å². The smallest absolute Gasteiger partial charge is 0.130 e. The molecule has 1 aromatic carbocycles. The Kier molecular flexibility index (Phi) is 1.69. The Hall–Kier alpha value is -1.58. The van der Waals surface area contributed by atoms with Crippen molar-refractivity contribution >= 4 is 0 Å². The van der Waals surface area contributed by atoms with Crippen molar-refractivity contribution in [2.75, 3.05) is 0 Å². The topological polar surface area (TPSA) is 49.4 Å². The fourth-order valence-electron chi connectivity index (χ4n) is 1.22. The lowest BCUT2D eigenvalue weighted by Crippen LogP contribution is -2.12. The first-order valence-electron chi connectivity index (χ1n) is 3.97. The van der Waals surface area contributed by atoms with E-state index in [4.69, 9.17) is 0 Å². The molecule has 1 aliphatic rings. The zero-order valence-electron chi connectivity index (χ0n) is 7.31. The van der Waals surface area contributed by atoms with Crippen LogP contribution in [-0.2, 0) is 5.66 Å². The van der Waals surface area contributed by atoms with Gasteiger partial charge in [-0.1, -0.05) is 24.3 Å². The molecular weight excluding hydrogens is 164 g/mol. The minimum atomic E-state index is -0.645. The molecule has 0 bridgehead atoms. The summed E-state index contributed by atoms with van der Waals surface area (Å²) in [7, 11) is 0. The van der Waals surface area contributed by atoms with Crippen LogP contribution in [0.3, 0.4) is 0 Å². The normalized spacial score (nSPS) is 18.0. The number of hydrogen-bond donors (Lipinski definition) is 0. The molecule has 0 amide bonds. The summed E-state index contributed by atoms with van der Waals surface area (Å²) in [6, 6.07) is 7.73. The Bertz CT molecular complexity index is 369. The molecule has 1 heterocycles. The van der Waals surface area contributed by atoms with Gasteiger partial charge in [-0.3, -0.25) is 0 Å². The van der Waals surface area contributed by atoms with E-state index in [0.717, 1.165) is 11.1 Å². The molecule has 0 saturated carbocycles. The van der Waals surface area contributed by atoms with Gasteiger partial charge in [0.15, 0.2) is 0 Å². The average Bonchev–Trinajstić information content (AvgIpc) is 2.54. The maximum Gasteiger partial charge on any atom is 0.217 e. The highest BCUT2D eigenvalue weighted by molar-refractivity contribution is 5.30. The van der Waals surface area contributed by atoms with E-state index in [1.807, 2.05) is 31.2 Å². The molecule has 1 aliphatic heterocycles. The SMILES string of the molecule is [CH2]c1cccc(C2(C)N=NN=N2)c1. The molecular formula is C9H9N4. The molecule has 0 spiro atoms. The second kappa shape index (κ2) is 2.73. The number of rotatable bonds is 1. The molecule has 4 nitrogen and oxygen atoms in total. The standard InChI is InChI=1S/C9H9N4/c1-7-4-3-5-8(6-7)9(2)10-12-13-11-9/h3-6H,1H2,2H3. The summed E-state index contributed by atoms with van der Waals surface area (Å²) in [5.41, 5.74) is 1.26. The lowest BCUT2D eigenvalue weighted by molar-refractivity contribution is 0.518. The van der Waals surface area contributed by atoms with Crippen molar-refractivity contribution in [3.63, 3.8) is 0 Å². The third kappa shape index (κ3) is 1.35. The van der Waals surface area contributed by atoms with Gasteiger partial charge in [0.1, 0.15) is 0 Å². The van der Waals surface area contributed by atoms with Crippen LogP contribution in [0.1, 0.15) is 18.1 Å². The van der Waals surface area contributed by atoms with Crippen molar-refractivity contribution < 1.29 is 0 Å². The minimum Gasteiger partial charge on any atom is -0.130 e.